The Morgan fingerprint density at radius 1 is 0.944 bits per heavy atom. The summed E-state index contributed by atoms with van der Waals surface area (Å²) < 4.78 is 0. The van der Waals surface area contributed by atoms with Gasteiger partial charge >= 0.3 is 0 Å². The number of hydrogen-bond acceptors (Lipinski definition) is 2. The van der Waals surface area contributed by atoms with E-state index in [0.717, 1.165) is 18.8 Å². The van der Waals surface area contributed by atoms with Crippen LogP contribution in [0.5, 0.6) is 0 Å². The van der Waals surface area contributed by atoms with Crippen molar-refractivity contribution in [1.82, 2.24) is 15.3 Å². The third-order valence-electron chi connectivity index (χ3n) is 3.85. The van der Waals surface area contributed by atoms with Crippen molar-refractivity contribution in [1.29, 1.82) is 0 Å². The molecule has 1 heterocycles. The molecule has 2 N–H and O–H groups in total. The summed E-state index contributed by atoms with van der Waals surface area (Å²) in [5.74, 6) is 1.11. The van der Waals surface area contributed by atoms with Gasteiger partial charge in [0.05, 0.1) is 12.2 Å². The van der Waals surface area contributed by atoms with Gasteiger partial charge in [0.1, 0.15) is 5.82 Å². The minimum absolute atomic E-state index is 0.854. The summed E-state index contributed by atoms with van der Waals surface area (Å²) in [6.07, 6.45) is 13.4. The molecule has 102 valence electrons. The summed E-state index contributed by atoms with van der Waals surface area (Å²) >= 11 is 0. The Bertz CT molecular complexity index is 314. The molecule has 18 heavy (non-hydrogen) atoms. The Morgan fingerprint density at radius 2 is 1.56 bits per heavy atom. The van der Waals surface area contributed by atoms with Gasteiger partial charge in [-0.25, -0.2) is 4.98 Å². The van der Waals surface area contributed by atoms with Crippen LogP contribution < -0.4 is 5.32 Å². The molecule has 1 aromatic rings. The molecule has 0 bridgehead atoms. The van der Waals surface area contributed by atoms with Crippen molar-refractivity contribution in [2.24, 2.45) is 0 Å². The van der Waals surface area contributed by atoms with Gasteiger partial charge in [0.15, 0.2) is 0 Å². The number of H-pyrrole nitrogens is 1. The number of fused-ring (bicyclic) bond motifs is 1. The molecule has 0 fully saturated rings. The summed E-state index contributed by atoms with van der Waals surface area (Å²) in [5, 5.41) is 3.18. The quantitative estimate of drug-likeness (QED) is 0.844. The lowest BCUT2D eigenvalue weighted by molar-refractivity contribution is 0.556. The molecule has 0 aromatic carbocycles. The van der Waals surface area contributed by atoms with Gasteiger partial charge in [-0.15, -0.1) is 0 Å². The molecular formula is C15H27N3. The van der Waals surface area contributed by atoms with Crippen molar-refractivity contribution in [3.8, 4) is 0 Å². The van der Waals surface area contributed by atoms with Gasteiger partial charge in [0.25, 0.3) is 0 Å². The van der Waals surface area contributed by atoms with Gasteiger partial charge in [-0.1, -0.05) is 38.5 Å². The zero-order valence-electron chi connectivity index (χ0n) is 11.7. The topological polar surface area (TPSA) is 40.7 Å². The summed E-state index contributed by atoms with van der Waals surface area (Å²) in [6, 6.07) is 0. The summed E-state index contributed by atoms with van der Waals surface area (Å²) in [7, 11) is 1.98. The number of nitrogens with zero attached hydrogens (tertiary/aromatic N) is 1. The fourth-order valence-electron chi connectivity index (χ4n) is 2.82. The van der Waals surface area contributed by atoms with E-state index in [1.54, 1.807) is 0 Å². The van der Waals surface area contributed by atoms with Crippen LogP contribution in [-0.2, 0) is 19.4 Å². The Morgan fingerprint density at radius 3 is 2.22 bits per heavy atom. The number of aryl methyl sites for hydroxylation is 2. The van der Waals surface area contributed by atoms with Crippen molar-refractivity contribution < 1.29 is 0 Å². The summed E-state index contributed by atoms with van der Waals surface area (Å²) in [6.45, 7) is 0.854. The Kier molecular flexibility index (Phi) is 5.72. The van der Waals surface area contributed by atoms with E-state index in [1.807, 2.05) is 7.05 Å². The van der Waals surface area contributed by atoms with Crippen LogP contribution in [0.25, 0.3) is 0 Å². The average molecular weight is 249 g/mol. The molecule has 0 saturated carbocycles. The number of aromatic nitrogens is 2. The maximum atomic E-state index is 4.75. The second-order valence-electron chi connectivity index (χ2n) is 5.47. The van der Waals surface area contributed by atoms with Gasteiger partial charge in [0.2, 0.25) is 0 Å². The van der Waals surface area contributed by atoms with Crippen molar-refractivity contribution in [3.63, 3.8) is 0 Å². The van der Waals surface area contributed by atoms with Crippen LogP contribution >= 0.6 is 0 Å². The third kappa shape index (κ3) is 4.13. The maximum Gasteiger partial charge on any atom is 0.120 e. The standard InChI is InChI=1S/C15H27N3/c1-16-12-15-17-13-10-8-6-4-2-3-5-7-9-11-14(13)18-15/h16H,2-12H2,1H3,(H,17,18). The second kappa shape index (κ2) is 7.57. The first-order valence-corrected chi connectivity index (χ1v) is 7.61. The van der Waals surface area contributed by atoms with Gasteiger partial charge in [-0.05, 0) is 32.7 Å². The second-order valence-corrected chi connectivity index (χ2v) is 5.47. The number of aromatic amines is 1. The predicted molar refractivity (Wildman–Crippen MR) is 75.7 cm³/mol. The molecule has 1 aliphatic rings. The predicted octanol–water partition coefficient (Wildman–Crippen LogP) is 3.35. The smallest absolute Gasteiger partial charge is 0.120 e. The Hall–Kier alpha value is -0.830. The Balaban J connectivity index is 2.00. The lowest BCUT2D eigenvalue weighted by Gasteiger charge is -2.06. The van der Waals surface area contributed by atoms with Crippen LogP contribution in [-0.4, -0.2) is 17.0 Å². The molecule has 0 radical (unpaired) electrons. The molecule has 0 aliphatic heterocycles. The first-order valence-electron chi connectivity index (χ1n) is 7.61. The van der Waals surface area contributed by atoms with E-state index >= 15 is 0 Å². The molecule has 0 spiro atoms. The molecule has 0 amide bonds. The molecule has 0 atom stereocenters. The number of nitrogens with one attached hydrogen (secondary N) is 2. The van der Waals surface area contributed by atoms with Crippen LogP contribution in [0.2, 0.25) is 0 Å². The highest BCUT2D eigenvalue weighted by atomic mass is 15.0. The fraction of sp³-hybridized carbons (Fsp3) is 0.800. The molecule has 2 rings (SSSR count). The van der Waals surface area contributed by atoms with Crippen molar-refractivity contribution in [3.05, 3.63) is 17.2 Å². The lowest BCUT2D eigenvalue weighted by atomic mass is 10.0. The highest BCUT2D eigenvalue weighted by molar-refractivity contribution is 5.15. The van der Waals surface area contributed by atoms with E-state index in [4.69, 9.17) is 4.98 Å². The van der Waals surface area contributed by atoms with Crippen LogP contribution in [0.15, 0.2) is 0 Å². The third-order valence-corrected chi connectivity index (χ3v) is 3.85. The maximum absolute atomic E-state index is 4.75. The van der Waals surface area contributed by atoms with E-state index in [9.17, 15) is 0 Å². The number of rotatable bonds is 2. The number of imidazole rings is 1. The van der Waals surface area contributed by atoms with Crippen molar-refractivity contribution in [2.75, 3.05) is 7.05 Å². The molecule has 1 aromatic heterocycles. The average Bonchev–Trinajstić information content (AvgIpc) is 2.72. The van der Waals surface area contributed by atoms with Gasteiger partial charge in [-0.2, -0.15) is 0 Å². The van der Waals surface area contributed by atoms with E-state index in [-0.39, 0.29) is 0 Å². The Labute approximate surface area is 111 Å². The molecular weight excluding hydrogens is 222 g/mol. The van der Waals surface area contributed by atoms with Crippen LogP contribution in [0.1, 0.15) is 68.6 Å². The zero-order valence-corrected chi connectivity index (χ0v) is 11.7. The SMILES string of the molecule is CNCc1nc2c([nH]1)CCCCCCCCCC2. The fourth-order valence-corrected chi connectivity index (χ4v) is 2.82. The van der Waals surface area contributed by atoms with E-state index < -0.39 is 0 Å². The van der Waals surface area contributed by atoms with Crippen molar-refractivity contribution >= 4 is 0 Å². The van der Waals surface area contributed by atoms with Crippen LogP contribution in [0.4, 0.5) is 0 Å². The highest BCUT2D eigenvalue weighted by Gasteiger charge is 2.10. The molecule has 0 unspecified atom stereocenters. The molecule has 3 heteroatoms. The van der Waals surface area contributed by atoms with Gasteiger partial charge < -0.3 is 10.3 Å². The van der Waals surface area contributed by atoms with Crippen LogP contribution in [0.3, 0.4) is 0 Å². The highest BCUT2D eigenvalue weighted by Crippen LogP contribution is 2.17. The van der Waals surface area contributed by atoms with E-state index in [0.29, 0.717) is 0 Å². The molecule has 1 aliphatic carbocycles. The largest absolute Gasteiger partial charge is 0.345 e. The number of hydrogen-bond donors (Lipinski definition) is 2. The van der Waals surface area contributed by atoms with Crippen molar-refractivity contribution in [2.45, 2.75) is 70.8 Å². The molecule has 3 nitrogen and oxygen atoms in total. The van der Waals surface area contributed by atoms with Gasteiger partial charge in [0, 0.05) is 5.69 Å². The van der Waals surface area contributed by atoms with Crippen LogP contribution in [0, 0.1) is 0 Å². The van der Waals surface area contributed by atoms with Gasteiger partial charge in [-0.3, -0.25) is 0 Å². The lowest BCUT2D eigenvalue weighted by Crippen LogP contribution is -2.06. The normalized spacial score (nSPS) is 18.7. The zero-order chi connectivity index (χ0) is 12.6. The minimum atomic E-state index is 0.854. The summed E-state index contributed by atoms with van der Waals surface area (Å²) in [5.41, 5.74) is 2.74. The minimum Gasteiger partial charge on any atom is -0.345 e. The van der Waals surface area contributed by atoms with E-state index in [2.05, 4.69) is 10.3 Å². The monoisotopic (exact) mass is 249 g/mol. The molecule has 0 saturated heterocycles. The first kappa shape index (κ1) is 13.6. The van der Waals surface area contributed by atoms with E-state index in [1.165, 1.54) is 69.2 Å². The summed E-state index contributed by atoms with van der Waals surface area (Å²) in [4.78, 5) is 8.26. The first-order chi connectivity index (χ1) is 8.90.